The zero-order valence-electron chi connectivity index (χ0n) is 8.31. The number of unbranched alkanes of at least 4 members (excludes halogenated alkanes) is 2. The molecule has 0 spiro atoms. The summed E-state index contributed by atoms with van der Waals surface area (Å²) < 4.78 is 0. The van der Waals surface area contributed by atoms with Gasteiger partial charge in [0.15, 0.2) is 0 Å². The Bertz CT molecular complexity index is 129. The van der Waals surface area contributed by atoms with Crippen LogP contribution in [-0.4, -0.2) is 37.8 Å². The molecule has 1 amide bonds. The Morgan fingerprint density at radius 3 is 2.62 bits per heavy atom. The molecule has 4 heteroatoms. The lowest BCUT2D eigenvalue weighted by atomic mass is 10.2. The van der Waals surface area contributed by atoms with Gasteiger partial charge in [0.05, 0.1) is 0 Å². The van der Waals surface area contributed by atoms with Crippen molar-refractivity contribution in [1.82, 2.24) is 10.6 Å². The van der Waals surface area contributed by atoms with Gasteiger partial charge in [0.2, 0.25) is 5.91 Å². The Hall–Kier alpha value is -0.610. The first kappa shape index (κ1) is 12.4. The number of carbonyl (C=O) groups is 1. The van der Waals surface area contributed by atoms with Gasteiger partial charge in [0.1, 0.15) is 0 Å². The van der Waals surface area contributed by atoms with E-state index in [4.69, 9.17) is 5.11 Å². The molecule has 0 unspecified atom stereocenters. The van der Waals surface area contributed by atoms with Crippen molar-refractivity contribution >= 4 is 5.91 Å². The predicted octanol–water partition coefficient (Wildman–Crippen LogP) is -0.125. The minimum absolute atomic E-state index is 0.0721. The standard InChI is InChI=1S/C9H20N2O2/c1-10-9(13)5-7-11-6-3-2-4-8-12/h11-12H,2-8H2,1H3,(H,10,13). The second-order valence-electron chi connectivity index (χ2n) is 2.96. The van der Waals surface area contributed by atoms with Gasteiger partial charge >= 0.3 is 0 Å². The zero-order valence-corrected chi connectivity index (χ0v) is 8.31. The first-order valence-electron chi connectivity index (χ1n) is 4.83. The van der Waals surface area contributed by atoms with E-state index in [9.17, 15) is 4.79 Å². The van der Waals surface area contributed by atoms with Crippen LogP contribution in [0.15, 0.2) is 0 Å². The molecule has 0 aromatic carbocycles. The van der Waals surface area contributed by atoms with Gasteiger partial charge in [-0.3, -0.25) is 4.79 Å². The molecule has 0 aliphatic carbocycles. The fraction of sp³-hybridized carbons (Fsp3) is 0.889. The van der Waals surface area contributed by atoms with E-state index in [0.29, 0.717) is 6.42 Å². The Balaban J connectivity index is 2.95. The molecule has 78 valence electrons. The molecule has 0 aliphatic rings. The number of carbonyl (C=O) groups excluding carboxylic acids is 1. The molecule has 0 saturated heterocycles. The molecular weight excluding hydrogens is 168 g/mol. The predicted molar refractivity (Wildman–Crippen MR) is 52.5 cm³/mol. The number of hydrogen-bond acceptors (Lipinski definition) is 3. The van der Waals surface area contributed by atoms with Gasteiger partial charge in [-0.2, -0.15) is 0 Å². The fourth-order valence-corrected chi connectivity index (χ4v) is 0.990. The molecule has 0 rings (SSSR count). The Labute approximate surface area is 79.7 Å². The molecule has 0 aromatic heterocycles. The van der Waals surface area contributed by atoms with Crippen LogP contribution >= 0.6 is 0 Å². The van der Waals surface area contributed by atoms with E-state index in [2.05, 4.69) is 10.6 Å². The number of rotatable bonds is 8. The summed E-state index contributed by atoms with van der Waals surface area (Å²) in [5.74, 6) is 0.0721. The minimum Gasteiger partial charge on any atom is -0.396 e. The summed E-state index contributed by atoms with van der Waals surface area (Å²) in [6.45, 7) is 1.94. The summed E-state index contributed by atoms with van der Waals surface area (Å²) >= 11 is 0. The number of aliphatic hydroxyl groups excluding tert-OH is 1. The average molecular weight is 188 g/mol. The monoisotopic (exact) mass is 188 g/mol. The van der Waals surface area contributed by atoms with Crippen LogP contribution in [0.5, 0.6) is 0 Å². The van der Waals surface area contributed by atoms with Crippen LogP contribution in [0.2, 0.25) is 0 Å². The highest BCUT2D eigenvalue weighted by atomic mass is 16.2. The van der Waals surface area contributed by atoms with Crippen molar-refractivity contribution < 1.29 is 9.90 Å². The van der Waals surface area contributed by atoms with E-state index in [1.54, 1.807) is 7.05 Å². The lowest BCUT2D eigenvalue weighted by molar-refractivity contribution is -0.120. The van der Waals surface area contributed by atoms with Crippen molar-refractivity contribution in [3.05, 3.63) is 0 Å². The van der Waals surface area contributed by atoms with E-state index in [0.717, 1.165) is 32.4 Å². The lowest BCUT2D eigenvalue weighted by Crippen LogP contribution is -2.25. The Kier molecular flexibility index (Phi) is 9.03. The first-order chi connectivity index (χ1) is 6.31. The van der Waals surface area contributed by atoms with Gasteiger partial charge < -0.3 is 15.7 Å². The third-order valence-electron chi connectivity index (χ3n) is 1.82. The SMILES string of the molecule is CNC(=O)CCNCCCCCO. The Morgan fingerprint density at radius 2 is 2.00 bits per heavy atom. The highest BCUT2D eigenvalue weighted by molar-refractivity contribution is 5.75. The van der Waals surface area contributed by atoms with Crippen molar-refractivity contribution in [1.29, 1.82) is 0 Å². The molecule has 3 N–H and O–H groups in total. The maximum Gasteiger partial charge on any atom is 0.221 e. The number of aliphatic hydroxyl groups is 1. The van der Waals surface area contributed by atoms with Crippen molar-refractivity contribution in [3.8, 4) is 0 Å². The molecule has 0 aliphatic heterocycles. The van der Waals surface area contributed by atoms with Crippen molar-refractivity contribution in [2.45, 2.75) is 25.7 Å². The Morgan fingerprint density at radius 1 is 1.23 bits per heavy atom. The van der Waals surface area contributed by atoms with Crippen LogP contribution < -0.4 is 10.6 Å². The normalized spacial score (nSPS) is 10.0. The number of hydrogen-bond donors (Lipinski definition) is 3. The molecule has 0 aromatic rings. The van der Waals surface area contributed by atoms with Crippen LogP contribution in [0.3, 0.4) is 0 Å². The summed E-state index contributed by atoms with van der Waals surface area (Å²) in [5.41, 5.74) is 0. The highest BCUT2D eigenvalue weighted by Crippen LogP contribution is 1.91. The largest absolute Gasteiger partial charge is 0.396 e. The van der Waals surface area contributed by atoms with E-state index in [1.165, 1.54) is 0 Å². The van der Waals surface area contributed by atoms with Crippen LogP contribution in [0.4, 0.5) is 0 Å². The lowest BCUT2D eigenvalue weighted by Gasteiger charge is -2.03. The highest BCUT2D eigenvalue weighted by Gasteiger charge is 1.95. The van der Waals surface area contributed by atoms with E-state index < -0.39 is 0 Å². The average Bonchev–Trinajstić information content (AvgIpc) is 2.16. The van der Waals surface area contributed by atoms with Crippen LogP contribution in [0.25, 0.3) is 0 Å². The smallest absolute Gasteiger partial charge is 0.221 e. The van der Waals surface area contributed by atoms with Crippen LogP contribution in [0, 0.1) is 0 Å². The summed E-state index contributed by atoms with van der Waals surface area (Å²) in [6, 6.07) is 0. The molecular formula is C9H20N2O2. The quantitative estimate of drug-likeness (QED) is 0.465. The molecule has 0 heterocycles. The zero-order chi connectivity index (χ0) is 9.94. The first-order valence-corrected chi connectivity index (χ1v) is 4.83. The van der Waals surface area contributed by atoms with Crippen LogP contribution in [-0.2, 0) is 4.79 Å². The van der Waals surface area contributed by atoms with E-state index in [1.807, 2.05) is 0 Å². The summed E-state index contributed by atoms with van der Waals surface area (Å²) in [5, 5.41) is 14.2. The molecule has 0 fully saturated rings. The maximum atomic E-state index is 10.8. The second kappa shape index (κ2) is 9.48. The van der Waals surface area contributed by atoms with Gasteiger partial charge in [-0.15, -0.1) is 0 Å². The molecule has 0 radical (unpaired) electrons. The van der Waals surface area contributed by atoms with Gasteiger partial charge in [-0.1, -0.05) is 0 Å². The molecule has 0 bridgehead atoms. The summed E-state index contributed by atoms with van der Waals surface area (Å²) in [4.78, 5) is 10.8. The third kappa shape index (κ3) is 9.30. The van der Waals surface area contributed by atoms with E-state index in [-0.39, 0.29) is 12.5 Å². The molecule has 0 atom stereocenters. The summed E-state index contributed by atoms with van der Waals surface area (Å²) in [7, 11) is 1.64. The van der Waals surface area contributed by atoms with Gasteiger partial charge in [0.25, 0.3) is 0 Å². The van der Waals surface area contributed by atoms with Gasteiger partial charge in [-0.25, -0.2) is 0 Å². The number of nitrogens with one attached hydrogen (secondary N) is 2. The van der Waals surface area contributed by atoms with Crippen LogP contribution in [0.1, 0.15) is 25.7 Å². The van der Waals surface area contributed by atoms with Gasteiger partial charge in [0, 0.05) is 26.6 Å². The topological polar surface area (TPSA) is 61.4 Å². The molecule has 0 saturated carbocycles. The van der Waals surface area contributed by atoms with Crippen molar-refractivity contribution in [2.75, 3.05) is 26.7 Å². The fourth-order valence-electron chi connectivity index (χ4n) is 0.990. The summed E-state index contributed by atoms with van der Waals surface area (Å²) in [6.07, 6.45) is 3.52. The van der Waals surface area contributed by atoms with E-state index >= 15 is 0 Å². The number of amides is 1. The van der Waals surface area contributed by atoms with Crippen molar-refractivity contribution in [3.63, 3.8) is 0 Å². The van der Waals surface area contributed by atoms with Gasteiger partial charge in [-0.05, 0) is 25.8 Å². The maximum absolute atomic E-state index is 10.8. The van der Waals surface area contributed by atoms with Crippen molar-refractivity contribution in [2.24, 2.45) is 0 Å². The minimum atomic E-state index is 0.0721. The molecule has 4 nitrogen and oxygen atoms in total. The molecule has 13 heavy (non-hydrogen) atoms. The third-order valence-corrected chi connectivity index (χ3v) is 1.82. The second-order valence-corrected chi connectivity index (χ2v) is 2.96.